The van der Waals surface area contributed by atoms with Gasteiger partial charge in [-0.3, -0.25) is 9.89 Å². The molecule has 2 aromatic heterocycles. The van der Waals surface area contributed by atoms with Crippen LogP contribution >= 0.6 is 15.9 Å². The van der Waals surface area contributed by atoms with Crippen LogP contribution < -0.4 is 5.73 Å². The molecule has 0 radical (unpaired) electrons. The van der Waals surface area contributed by atoms with Gasteiger partial charge >= 0.3 is 0 Å². The quantitative estimate of drug-likeness (QED) is 0.874. The molecule has 0 aliphatic carbocycles. The first-order chi connectivity index (χ1) is 8.58. The zero-order chi connectivity index (χ0) is 13.1. The molecule has 0 fully saturated rings. The van der Waals surface area contributed by atoms with E-state index in [9.17, 15) is 4.79 Å². The molecule has 0 bridgehead atoms. The highest BCUT2D eigenvalue weighted by Crippen LogP contribution is 2.17. The van der Waals surface area contributed by atoms with Crippen LogP contribution in [0.1, 0.15) is 16.2 Å². The number of amides is 1. The van der Waals surface area contributed by atoms with E-state index in [0.29, 0.717) is 22.4 Å². The first-order valence-electron chi connectivity index (χ1n) is 5.08. The second-order valence-electron chi connectivity index (χ2n) is 3.68. The van der Waals surface area contributed by atoms with E-state index >= 15 is 0 Å². The highest BCUT2D eigenvalue weighted by molar-refractivity contribution is 9.10. The fourth-order valence-corrected chi connectivity index (χ4v) is 1.76. The number of halogens is 1. The number of nitrogens with one attached hydrogen (secondary N) is 1. The Morgan fingerprint density at radius 2 is 2.33 bits per heavy atom. The van der Waals surface area contributed by atoms with E-state index in [1.54, 1.807) is 19.3 Å². The molecule has 0 aliphatic rings. The minimum absolute atomic E-state index is 0.201. The van der Waals surface area contributed by atoms with Crippen molar-refractivity contribution in [3.8, 4) is 0 Å². The number of carbonyl (C=O) groups is 1. The maximum absolute atomic E-state index is 12.2. The van der Waals surface area contributed by atoms with Gasteiger partial charge in [0, 0.05) is 17.7 Å². The minimum Gasteiger partial charge on any atom is -0.383 e. The Labute approximate surface area is 112 Å². The van der Waals surface area contributed by atoms with Crippen molar-refractivity contribution in [1.82, 2.24) is 25.1 Å². The number of nitrogen functional groups attached to an aromatic ring is 1. The number of aromatic nitrogens is 4. The number of rotatable bonds is 3. The molecule has 0 saturated carbocycles. The van der Waals surface area contributed by atoms with Crippen molar-refractivity contribution in [2.45, 2.75) is 6.54 Å². The number of nitrogens with zero attached hydrogens (tertiary/aromatic N) is 4. The minimum atomic E-state index is -0.224. The van der Waals surface area contributed by atoms with E-state index in [4.69, 9.17) is 5.73 Å². The molecule has 2 heterocycles. The fourth-order valence-electron chi connectivity index (χ4n) is 1.43. The molecule has 1 amide bonds. The van der Waals surface area contributed by atoms with Crippen LogP contribution in [0.4, 0.5) is 5.82 Å². The van der Waals surface area contributed by atoms with Gasteiger partial charge < -0.3 is 10.6 Å². The van der Waals surface area contributed by atoms with Crippen LogP contribution in [0, 0.1) is 0 Å². The molecule has 0 spiro atoms. The first kappa shape index (κ1) is 12.5. The van der Waals surface area contributed by atoms with Gasteiger partial charge in [-0.15, -0.1) is 0 Å². The number of carbonyl (C=O) groups excluding carboxylic acids is 1. The van der Waals surface area contributed by atoms with Crippen LogP contribution in [0.3, 0.4) is 0 Å². The van der Waals surface area contributed by atoms with Crippen molar-refractivity contribution in [3.63, 3.8) is 0 Å². The fraction of sp³-hybridized carbons (Fsp3) is 0.200. The number of nitrogens with two attached hydrogens (primary N) is 1. The number of hydrogen-bond donors (Lipinski definition) is 2. The summed E-state index contributed by atoms with van der Waals surface area (Å²) in [5, 5.41) is 6.41. The van der Waals surface area contributed by atoms with Crippen molar-refractivity contribution in [2.24, 2.45) is 0 Å². The second kappa shape index (κ2) is 5.13. The van der Waals surface area contributed by atoms with Crippen LogP contribution in [-0.4, -0.2) is 38.0 Å². The third kappa shape index (κ3) is 2.65. The summed E-state index contributed by atoms with van der Waals surface area (Å²) in [6, 6.07) is 1.64. The maximum atomic E-state index is 12.2. The van der Waals surface area contributed by atoms with E-state index in [-0.39, 0.29) is 11.7 Å². The molecule has 0 aromatic carbocycles. The third-order valence-electron chi connectivity index (χ3n) is 2.31. The second-order valence-corrected chi connectivity index (χ2v) is 4.60. The summed E-state index contributed by atoms with van der Waals surface area (Å²) >= 11 is 3.26. The molecular formula is C10H11BrN6O. The normalized spacial score (nSPS) is 10.3. The average Bonchev–Trinajstić information content (AvgIpc) is 2.84. The average molecular weight is 311 g/mol. The Balaban J connectivity index is 2.17. The lowest BCUT2D eigenvalue weighted by Crippen LogP contribution is -2.27. The Bertz CT molecular complexity index is 556. The lowest BCUT2D eigenvalue weighted by molar-refractivity contribution is 0.0782. The van der Waals surface area contributed by atoms with E-state index in [0.717, 1.165) is 0 Å². The van der Waals surface area contributed by atoms with Crippen LogP contribution in [0.2, 0.25) is 0 Å². The van der Waals surface area contributed by atoms with Gasteiger partial charge in [-0.25, -0.2) is 9.97 Å². The molecule has 0 aliphatic heterocycles. The van der Waals surface area contributed by atoms with Gasteiger partial charge in [0.15, 0.2) is 0 Å². The van der Waals surface area contributed by atoms with E-state index in [1.165, 1.54) is 11.2 Å². The van der Waals surface area contributed by atoms with Crippen molar-refractivity contribution < 1.29 is 4.79 Å². The van der Waals surface area contributed by atoms with Crippen molar-refractivity contribution in [2.75, 3.05) is 12.8 Å². The van der Waals surface area contributed by atoms with Crippen molar-refractivity contribution >= 4 is 27.7 Å². The molecule has 3 N–H and O–H groups in total. The molecule has 18 heavy (non-hydrogen) atoms. The summed E-state index contributed by atoms with van der Waals surface area (Å²) in [5.74, 6) is 0.581. The summed E-state index contributed by atoms with van der Waals surface area (Å²) in [6.07, 6.45) is 2.94. The Kier molecular flexibility index (Phi) is 3.56. The summed E-state index contributed by atoms with van der Waals surface area (Å²) < 4.78 is 0.702. The van der Waals surface area contributed by atoms with E-state index < -0.39 is 0 Å². The summed E-state index contributed by atoms with van der Waals surface area (Å²) in [4.78, 5) is 21.5. The number of H-pyrrole nitrogens is 1. The Morgan fingerprint density at radius 1 is 1.56 bits per heavy atom. The van der Waals surface area contributed by atoms with Crippen LogP contribution in [0.15, 0.2) is 23.1 Å². The van der Waals surface area contributed by atoms with Crippen molar-refractivity contribution in [3.05, 3.63) is 34.5 Å². The molecule has 2 aromatic rings. The lowest BCUT2D eigenvalue weighted by Gasteiger charge is -2.16. The molecule has 8 heteroatoms. The lowest BCUT2D eigenvalue weighted by atomic mass is 10.2. The van der Waals surface area contributed by atoms with Gasteiger partial charge in [-0.1, -0.05) is 0 Å². The predicted molar refractivity (Wildman–Crippen MR) is 68.5 cm³/mol. The standard InChI is InChI=1S/C10H11BrN6O/c1-17(4-8-14-5-15-16-8)10(18)7-2-6(11)3-13-9(7)12/h2-3,5H,4H2,1H3,(H2,12,13)(H,14,15,16). The zero-order valence-corrected chi connectivity index (χ0v) is 11.2. The molecule has 2 rings (SSSR count). The largest absolute Gasteiger partial charge is 0.383 e. The van der Waals surface area contributed by atoms with Crippen molar-refractivity contribution in [1.29, 1.82) is 0 Å². The van der Waals surface area contributed by atoms with E-state index in [2.05, 4.69) is 36.1 Å². The highest BCUT2D eigenvalue weighted by atomic mass is 79.9. The molecule has 94 valence electrons. The van der Waals surface area contributed by atoms with E-state index in [1.807, 2.05) is 0 Å². The maximum Gasteiger partial charge on any atom is 0.257 e. The summed E-state index contributed by atoms with van der Waals surface area (Å²) in [6.45, 7) is 0.324. The third-order valence-corrected chi connectivity index (χ3v) is 2.75. The van der Waals surface area contributed by atoms with Gasteiger partial charge in [0.2, 0.25) is 0 Å². The number of hydrogen-bond acceptors (Lipinski definition) is 5. The highest BCUT2D eigenvalue weighted by Gasteiger charge is 2.17. The smallest absolute Gasteiger partial charge is 0.257 e. The summed E-state index contributed by atoms with van der Waals surface area (Å²) in [7, 11) is 1.66. The SMILES string of the molecule is CN(Cc1ncn[nH]1)C(=O)c1cc(Br)cnc1N. The van der Waals surface area contributed by atoms with Gasteiger partial charge in [-0.2, -0.15) is 5.10 Å². The number of anilines is 1. The molecule has 0 unspecified atom stereocenters. The van der Waals surface area contributed by atoms with Gasteiger partial charge in [0.1, 0.15) is 18.0 Å². The van der Waals surface area contributed by atoms with Crippen LogP contribution in [0.25, 0.3) is 0 Å². The number of aromatic amines is 1. The summed E-state index contributed by atoms with van der Waals surface area (Å²) in [5.41, 5.74) is 6.04. The topological polar surface area (TPSA) is 101 Å². The Hall–Kier alpha value is -1.96. The predicted octanol–water partition coefficient (Wildman–Crippen LogP) is 0.817. The van der Waals surface area contributed by atoms with Crippen LogP contribution in [-0.2, 0) is 6.54 Å². The van der Waals surface area contributed by atoms with Gasteiger partial charge in [-0.05, 0) is 22.0 Å². The van der Waals surface area contributed by atoms with Gasteiger partial charge in [0.25, 0.3) is 5.91 Å². The molecular weight excluding hydrogens is 300 g/mol. The molecule has 7 nitrogen and oxygen atoms in total. The Morgan fingerprint density at radius 3 is 3.00 bits per heavy atom. The van der Waals surface area contributed by atoms with Gasteiger partial charge in [0.05, 0.1) is 12.1 Å². The van der Waals surface area contributed by atoms with Crippen LogP contribution in [0.5, 0.6) is 0 Å². The molecule has 0 atom stereocenters. The molecule has 0 saturated heterocycles. The zero-order valence-electron chi connectivity index (χ0n) is 9.59. The monoisotopic (exact) mass is 310 g/mol. The first-order valence-corrected chi connectivity index (χ1v) is 5.88. The number of pyridine rings is 1.